The van der Waals surface area contributed by atoms with Crippen molar-refractivity contribution in [3.63, 3.8) is 0 Å². The number of carbonyl (C=O) groups is 1. The fourth-order valence-electron chi connectivity index (χ4n) is 4.38. The van der Waals surface area contributed by atoms with E-state index in [0.29, 0.717) is 6.04 Å². The highest BCUT2D eigenvalue weighted by atomic mass is 16.2. The number of amides is 1. The highest BCUT2D eigenvalue weighted by molar-refractivity contribution is 5.80. The third-order valence-electron chi connectivity index (χ3n) is 5.97. The maximum atomic E-state index is 11.5. The number of hydrogen-bond acceptors (Lipinski definition) is 3. The van der Waals surface area contributed by atoms with Gasteiger partial charge in [0.25, 0.3) is 0 Å². The first-order valence-corrected chi connectivity index (χ1v) is 10.8. The number of carbonyl (C=O) groups excluding carboxylic acids is 1. The van der Waals surface area contributed by atoms with Gasteiger partial charge in [0.2, 0.25) is 5.91 Å². The summed E-state index contributed by atoms with van der Waals surface area (Å²) in [5.41, 5.74) is 0.0588. The van der Waals surface area contributed by atoms with E-state index in [9.17, 15) is 4.79 Å². The number of likely N-dealkylation sites (tertiary alicyclic amines) is 2. The number of piperidine rings is 2. The summed E-state index contributed by atoms with van der Waals surface area (Å²) < 4.78 is 0. The molecule has 0 saturated carbocycles. The number of hydrogen-bond donors (Lipinski definition) is 2. The van der Waals surface area contributed by atoms with Crippen LogP contribution in [0.15, 0.2) is 4.99 Å². The van der Waals surface area contributed by atoms with Crippen LogP contribution in [0.4, 0.5) is 0 Å². The molecule has 156 valence electrons. The van der Waals surface area contributed by atoms with E-state index in [1.165, 1.54) is 19.5 Å². The highest BCUT2D eigenvalue weighted by Gasteiger charge is 2.32. The lowest BCUT2D eigenvalue weighted by Crippen LogP contribution is -2.53. The third kappa shape index (κ3) is 6.66. The van der Waals surface area contributed by atoms with E-state index < -0.39 is 0 Å². The number of nitrogens with one attached hydrogen (secondary N) is 2. The van der Waals surface area contributed by atoms with Crippen molar-refractivity contribution in [2.45, 2.75) is 72.4 Å². The van der Waals surface area contributed by atoms with Gasteiger partial charge in [0.05, 0.1) is 6.54 Å². The summed E-state index contributed by atoms with van der Waals surface area (Å²) in [5.74, 6) is 2.61. The second-order valence-electron chi connectivity index (χ2n) is 9.28. The number of rotatable bonds is 5. The molecule has 6 nitrogen and oxygen atoms in total. The Morgan fingerprint density at radius 2 is 1.74 bits per heavy atom. The van der Waals surface area contributed by atoms with Gasteiger partial charge in [-0.1, -0.05) is 13.8 Å². The van der Waals surface area contributed by atoms with Crippen LogP contribution < -0.4 is 10.6 Å². The Balaban J connectivity index is 1.93. The van der Waals surface area contributed by atoms with Crippen molar-refractivity contribution in [3.8, 4) is 0 Å². The van der Waals surface area contributed by atoms with Crippen LogP contribution in [0.2, 0.25) is 0 Å². The van der Waals surface area contributed by atoms with Gasteiger partial charge < -0.3 is 15.5 Å². The Bertz CT molecular complexity index is 501. The Morgan fingerprint density at radius 1 is 1.15 bits per heavy atom. The summed E-state index contributed by atoms with van der Waals surface area (Å²) in [7, 11) is 0. The van der Waals surface area contributed by atoms with Crippen LogP contribution >= 0.6 is 0 Å². The first kappa shape index (κ1) is 22.0. The molecule has 2 heterocycles. The van der Waals surface area contributed by atoms with Crippen LogP contribution in [0.3, 0.4) is 0 Å². The van der Waals surface area contributed by atoms with E-state index in [-0.39, 0.29) is 11.4 Å². The van der Waals surface area contributed by atoms with Gasteiger partial charge in [-0.3, -0.25) is 14.7 Å². The van der Waals surface area contributed by atoms with Crippen molar-refractivity contribution in [2.24, 2.45) is 16.8 Å². The Labute approximate surface area is 166 Å². The van der Waals surface area contributed by atoms with Gasteiger partial charge in [-0.25, -0.2) is 0 Å². The molecule has 1 amide bonds. The van der Waals surface area contributed by atoms with Crippen molar-refractivity contribution in [1.82, 2.24) is 20.4 Å². The second kappa shape index (κ2) is 9.76. The monoisotopic (exact) mass is 379 g/mol. The smallest absolute Gasteiger partial charge is 0.219 e. The molecule has 0 aromatic heterocycles. The molecular formula is C21H41N5O. The minimum absolute atomic E-state index is 0.0588. The fraction of sp³-hybridized carbons (Fsp3) is 0.905. The van der Waals surface area contributed by atoms with Crippen molar-refractivity contribution in [1.29, 1.82) is 0 Å². The Kier molecular flexibility index (Phi) is 7.95. The van der Waals surface area contributed by atoms with Gasteiger partial charge in [0.1, 0.15) is 0 Å². The predicted molar refractivity (Wildman–Crippen MR) is 113 cm³/mol. The van der Waals surface area contributed by atoms with Crippen molar-refractivity contribution in [3.05, 3.63) is 0 Å². The van der Waals surface area contributed by atoms with Gasteiger partial charge in [-0.05, 0) is 51.9 Å². The first-order chi connectivity index (χ1) is 12.7. The van der Waals surface area contributed by atoms with E-state index in [4.69, 9.17) is 4.99 Å². The van der Waals surface area contributed by atoms with E-state index >= 15 is 0 Å². The number of guanidine groups is 1. The highest BCUT2D eigenvalue weighted by Crippen LogP contribution is 2.27. The molecule has 2 atom stereocenters. The lowest BCUT2D eigenvalue weighted by Gasteiger charge is -2.44. The minimum atomic E-state index is 0.0588. The summed E-state index contributed by atoms with van der Waals surface area (Å²) in [4.78, 5) is 21.0. The van der Waals surface area contributed by atoms with Crippen LogP contribution in [0, 0.1) is 11.8 Å². The molecule has 0 aliphatic carbocycles. The average molecular weight is 380 g/mol. The number of nitrogens with zero attached hydrogens (tertiary/aromatic N) is 3. The van der Waals surface area contributed by atoms with Gasteiger partial charge in [0, 0.05) is 51.2 Å². The molecule has 0 radical (unpaired) electrons. The molecule has 0 aromatic rings. The molecular weight excluding hydrogens is 338 g/mol. The van der Waals surface area contributed by atoms with E-state index in [2.05, 4.69) is 50.2 Å². The molecule has 27 heavy (non-hydrogen) atoms. The molecule has 2 N–H and O–H groups in total. The van der Waals surface area contributed by atoms with Crippen molar-refractivity contribution in [2.75, 3.05) is 39.3 Å². The maximum Gasteiger partial charge on any atom is 0.219 e. The van der Waals surface area contributed by atoms with Crippen LogP contribution in [0.1, 0.15) is 60.8 Å². The first-order valence-electron chi connectivity index (χ1n) is 10.8. The fourth-order valence-corrected chi connectivity index (χ4v) is 4.38. The molecule has 2 aliphatic heterocycles. The molecule has 2 aliphatic rings. The zero-order valence-corrected chi connectivity index (χ0v) is 18.3. The largest absolute Gasteiger partial charge is 0.357 e. The van der Waals surface area contributed by atoms with Crippen LogP contribution in [-0.2, 0) is 4.79 Å². The summed E-state index contributed by atoms with van der Waals surface area (Å²) in [5, 5.41) is 6.99. The SMILES string of the molecule is CCNC(=NCC(C)(C)N1CC(C)CC(C)C1)NC1CCN(C(C)=O)CC1. The zero-order valence-electron chi connectivity index (χ0n) is 18.3. The minimum Gasteiger partial charge on any atom is -0.357 e. The average Bonchev–Trinajstić information content (AvgIpc) is 2.59. The van der Waals surface area contributed by atoms with Crippen molar-refractivity contribution < 1.29 is 4.79 Å². The summed E-state index contributed by atoms with van der Waals surface area (Å²) >= 11 is 0. The molecule has 6 heteroatoms. The quantitative estimate of drug-likeness (QED) is 0.568. The lowest BCUT2D eigenvalue weighted by atomic mass is 9.88. The lowest BCUT2D eigenvalue weighted by molar-refractivity contribution is -0.129. The summed E-state index contributed by atoms with van der Waals surface area (Å²) in [6.45, 7) is 18.8. The van der Waals surface area contributed by atoms with E-state index in [0.717, 1.165) is 56.8 Å². The van der Waals surface area contributed by atoms with Crippen molar-refractivity contribution >= 4 is 11.9 Å². The molecule has 0 aromatic carbocycles. The van der Waals surface area contributed by atoms with Gasteiger partial charge >= 0.3 is 0 Å². The Hall–Kier alpha value is -1.30. The maximum absolute atomic E-state index is 11.5. The molecule has 0 spiro atoms. The standard InChI is InChI=1S/C21H41N5O/c1-7-22-20(24-19-8-10-25(11-9-19)18(4)27)23-15-21(5,6)26-13-16(2)12-17(3)14-26/h16-17,19H,7-15H2,1-6H3,(H2,22,23,24). The van der Waals surface area contributed by atoms with Gasteiger partial charge in [-0.2, -0.15) is 0 Å². The van der Waals surface area contributed by atoms with Gasteiger partial charge in [-0.15, -0.1) is 0 Å². The van der Waals surface area contributed by atoms with Crippen LogP contribution in [-0.4, -0.2) is 72.5 Å². The molecule has 2 fully saturated rings. The van der Waals surface area contributed by atoms with Crippen LogP contribution in [0.5, 0.6) is 0 Å². The predicted octanol–water partition coefficient (Wildman–Crippen LogP) is 2.31. The topological polar surface area (TPSA) is 60.0 Å². The number of aliphatic imine (C=N–C) groups is 1. The van der Waals surface area contributed by atoms with Crippen LogP contribution in [0.25, 0.3) is 0 Å². The molecule has 2 saturated heterocycles. The summed E-state index contributed by atoms with van der Waals surface area (Å²) in [6, 6.07) is 0.386. The van der Waals surface area contributed by atoms with E-state index in [1.54, 1.807) is 6.92 Å². The molecule has 2 unspecified atom stereocenters. The molecule has 0 bridgehead atoms. The normalized spacial score (nSPS) is 26.1. The second-order valence-corrected chi connectivity index (χ2v) is 9.28. The van der Waals surface area contributed by atoms with E-state index in [1.807, 2.05) is 4.90 Å². The Morgan fingerprint density at radius 3 is 2.26 bits per heavy atom. The van der Waals surface area contributed by atoms with Gasteiger partial charge in [0.15, 0.2) is 5.96 Å². The third-order valence-corrected chi connectivity index (χ3v) is 5.97. The molecule has 2 rings (SSSR count). The zero-order chi connectivity index (χ0) is 20.0. The summed E-state index contributed by atoms with van der Waals surface area (Å²) in [6.07, 6.45) is 3.29.